The van der Waals surface area contributed by atoms with Crippen LogP contribution in [0.5, 0.6) is 0 Å². The van der Waals surface area contributed by atoms with Gasteiger partial charge >= 0.3 is 6.03 Å². The first-order chi connectivity index (χ1) is 10.5. The van der Waals surface area contributed by atoms with Crippen molar-refractivity contribution in [2.45, 2.75) is 26.9 Å². The monoisotopic (exact) mass is 303 g/mol. The molecule has 0 aliphatic carbocycles. The van der Waals surface area contributed by atoms with Crippen LogP contribution in [-0.2, 0) is 13.1 Å². The van der Waals surface area contributed by atoms with Crippen LogP contribution in [0.2, 0.25) is 0 Å². The Bertz CT molecular complexity index is 723. The number of halogens is 1. The summed E-state index contributed by atoms with van der Waals surface area (Å²) in [7, 11) is 0. The summed E-state index contributed by atoms with van der Waals surface area (Å²) in [6, 6.07) is 7.35. The molecule has 5 nitrogen and oxygen atoms in total. The number of aryl methyl sites for hydroxylation is 2. The number of urea groups is 1. The van der Waals surface area contributed by atoms with Crippen LogP contribution in [0.25, 0.3) is 0 Å². The van der Waals surface area contributed by atoms with Crippen molar-refractivity contribution in [1.29, 1.82) is 0 Å². The predicted octanol–water partition coefficient (Wildman–Crippen LogP) is 2.13. The van der Waals surface area contributed by atoms with Crippen molar-refractivity contribution in [3.63, 3.8) is 0 Å². The molecule has 1 aromatic carbocycles. The Hall–Kier alpha value is -2.63. The molecule has 0 saturated heterocycles. The van der Waals surface area contributed by atoms with E-state index in [1.54, 1.807) is 19.1 Å². The van der Waals surface area contributed by atoms with Crippen molar-refractivity contribution in [3.8, 4) is 0 Å². The molecule has 22 heavy (non-hydrogen) atoms. The Kier molecular flexibility index (Phi) is 4.93. The Morgan fingerprint density at radius 2 is 1.77 bits per heavy atom. The molecule has 0 unspecified atom stereocenters. The van der Waals surface area contributed by atoms with E-state index in [4.69, 9.17) is 0 Å². The van der Waals surface area contributed by atoms with Crippen molar-refractivity contribution < 1.29 is 9.18 Å². The minimum absolute atomic E-state index is 0.150. The van der Waals surface area contributed by atoms with Gasteiger partial charge in [-0.2, -0.15) is 0 Å². The number of pyridine rings is 1. The van der Waals surface area contributed by atoms with Gasteiger partial charge in [-0.05, 0) is 43.2 Å². The van der Waals surface area contributed by atoms with Crippen LogP contribution in [0.4, 0.5) is 9.18 Å². The summed E-state index contributed by atoms with van der Waals surface area (Å²) in [5.41, 5.74) is 2.74. The first-order valence-corrected chi connectivity index (χ1v) is 6.91. The molecule has 0 spiro atoms. The zero-order valence-corrected chi connectivity index (χ0v) is 12.5. The Balaban J connectivity index is 1.88. The number of carbonyl (C=O) groups excluding carboxylic acids is 1. The average Bonchev–Trinajstić information content (AvgIpc) is 2.45. The first-order valence-electron chi connectivity index (χ1n) is 6.91. The molecular weight excluding hydrogens is 285 g/mol. The summed E-state index contributed by atoms with van der Waals surface area (Å²) >= 11 is 0. The van der Waals surface area contributed by atoms with Crippen LogP contribution >= 0.6 is 0 Å². The van der Waals surface area contributed by atoms with Gasteiger partial charge in [0.1, 0.15) is 5.82 Å². The number of carbonyl (C=O) groups is 1. The summed E-state index contributed by atoms with van der Waals surface area (Å²) in [5.74, 6) is -0.317. The molecule has 1 heterocycles. The lowest BCUT2D eigenvalue weighted by Gasteiger charge is -2.09. The van der Waals surface area contributed by atoms with Gasteiger partial charge in [0.05, 0.1) is 6.54 Å². The summed E-state index contributed by atoms with van der Waals surface area (Å²) in [6.07, 6.45) is 0. The number of hydrogen-bond donors (Lipinski definition) is 3. The highest BCUT2D eigenvalue weighted by Crippen LogP contribution is 2.03. The largest absolute Gasteiger partial charge is 0.334 e. The number of H-pyrrole nitrogens is 1. The first kappa shape index (κ1) is 15.8. The summed E-state index contributed by atoms with van der Waals surface area (Å²) in [6.45, 7) is 4.07. The smallest absolute Gasteiger partial charge is 0.315 e. The fourth-order valence-corrected chi connectivity index (χ4v) is 2.12. The third kappa shape index (κ3) is 4.18. The highest BCUT2D eigenvalue weighted by atomic mass is 19.1. The number of nitrogens with one attached hydrogen (secondary N) is 3. The lowest BCUT2D eigenvalue weighted by molar-refractivity contribution is 0.240. The molecule has 2 rings (SSSR count). The van der Waals surface area contributed by atoms with Gasteiger partial charge in [-0.3, -0.25) is 4.79 Å². The molecule has 2 amide bonds. The van der Waals surface area contributed by atoms with Crippen LogP contribution in [0, 0.1) is 19.7 Å². The van der Waals surface area contributed by atoms with E-state index in [0.717, 1.165) is 16.8 Å². The molecule has 0 saturated carbocycles. The number of aromatic amines is 1. The molecule has 0 atom stereocenters. The lowest BCUT2D eigenvalue weighted by Crippen LogP contribution is -2.36. The van der Waals surface area contributed by atoms with Crippen molar-refractivity contribution >= 4 is 6.03 Å². The van der Waals surface area contributed by atoms with Gasteiger partial charge in [-0.25, -0.2) is 9.18 Å². The van der Waals surface area contributed by atoms with E-state index >= 15 is 0 Å². The van der Waals surface area contributed by atoms with Crippen LogP contribution < -0.4 is 16.2 Å². The van der Waals surface area contributed by atoms with Gasteiger partial charge in [0.25, 0.3) is 5.56 Å². The number of amides is 2. The van der Waals surface area contributed by atoms with E-state index in [-0.39, 0.29) is 30.5 Å². The van der Waals surface area contributed by atoms with Gasteiger partial charge < -0.3 is 15.6 Å². The fourth-order valence-electron chi connectivity index (χ4n) is 2.12. The predicted molar refractivity (Wildman–Crippen MR) is 82.0 cm³/mol. The normalized spacial score (nSPS) is 10.3. The number of aromatic nitrogens is 1. The van der Waals surface area contributed by atoms with Gasteiger partial charge in [-0.1, -0.05) is 12.1 Å². The Morgan fingerprint density at radius 1 is 1.14 bits per heavy atom. The van der Waals surface area contributed by atoms with E-state index in [1.807, 2.05) is 13.0 Å². The molecule has 116 valence electrons. The third-order valence-electron chi connectivity index (χ3n) is 3.29. The average molecular weight is 303 g/mol. The molecule has 0 fully saturated rings. The van der Waals surface area contributed by atoms with E-state index in [9.17, 15) is 14.0 Å². The summed E-state index contributed by atoms with van der Waals surface area (Å²) < 4.78 is 12.8. The molecule has 0 radical (unpaired) electrons. The highest BCUT2D eigenvalue weighted by molar-refractivity contribution is 5.73. The molecule has 6 heteroatoms. The summed E-state index contributed by atoms with van der Waals surface area (Å²) in [5, 5.41) is 5.29. The summed E-state index contributed by atoms with van der Waals surface area (Å²) in [4.78, 5) is 26.3. The number of rotatable bonds is 4. The van der Waals surface area contributed by atoms with Crippen LogP contribution in [0.1, 0.15) is 22.4 Å². The van der Waals surface area contributed by atoms with Crippen molar-refractivity contribution in [1.82, 2.24) is 15.6 Å². The second kappa shape index (κ2) is 6.89. The van der Waals surface area contributed by atoms with Crippen molar-refractivity contribution in [2.75, 3.05) is 0 Å². The second-order valence-electron chi connectivity index (χ2n) is 5.11. The maximum Gasteiger partial charge on any atom is 0.315 e. The quantitative estimate of drug-likeness (QED) is 0.809. The van der Waals surface area contributed by atoms with Gasteiger partial charge in [0, 0.05) is 17.8 Å². The fraction of sp³-hybridized carbons (Fsp3) is 0.250. The molecule has 0 aliphatic heterocycles. The van der Waals surface area contributed by atoms with Crippen LogP contribution in [0.3, 0.4) is 0 Å². The van der Waals surface area contributed by atoms with E-state index in [1.165, 1.54) is 12.1 Å². The van der Waals surface area contributed by atoms with E-state index in [2.05, 4.69) is 15.6 Å². The topological polar surface area (TPSA) is 74.0 Å². The van der Waals surface area contributed by atoms with Gasteiger partial charge in [0.2, 0.25) is 0 Å². The van der Waals surface area contributed by atoms with Gasteiger partial charge in [-0.15, -0.1) is 0 Å². The zero-order chi connectivity index (χ0) is 16.1. The third-order valence-corrected chi connectivity index (χ3v) is 3.29. The Morgan fingerprint density at radius 3 is 2.41 bits per heavy atom. The van der Waals surface area contributed by atoms with Crippen molar-refractivity contribution in [2.24, 2.45) is 0 Å². The van der Waals surface area contributed by atoms with E-state index in [0.29, 0.717) is 5.56 Å². The zero-order valence-electron chi connectivity index (χ0n) is 12.5. The van der Waals surface area contributed by atoms with E-state index < -0.39 is 0 Å². The molecule has 0 bridgehead atoms. The number of benzene rings is 1. The molecule has 1 aromatic heterocycles. The van der Waals surface area contributed by atoms with Crippen molar-refractivity contribution in [3.05, 3.63) is 68.9 Å². The van der Waals surface area contributed by atoms with Crippen LogP contribution in [0.15, 0.2) is 35.1 Å². The van der Waals surface area contributed by atoms with Gasteiger partial charge in [0.15, 0.2) is 0 Å². The maximum absolute atomic E-state index is 12.8. The molecule has 3 N–H and O–H groups in total. The molecule has 2 aromatic rings. The number of hydrogen-bond acceptors (Lipinski definition) is 2. The Labute approximate surface area is 127 Å². The minimum Gasteiger partial charge on any atom is -0.334 e. The minimum atomic E-state index is -0.385. The van der Waals surface area contributed by atoms with Crippen LogP contribution in [-0.4, -0.2) is 11.0 Å². The lowest BCUT2D eigenvalue weighted by atomic mass is 10.1. The highest BCUT2D eigenvalue weighted by Gasteiger charge is 2.07. The standard InChI is InChI=1S/C16H18FN3O2/c1-10-7-11(2)20-15(21)14(10)9-19-16(22)18-8-12-3-5-13(17)6-4-12/h3-7H,8-9H2,1-2H3,(H,20,21)(H2,18,19,22). The second-order valence-corrected chi connectivity index (χ2v) is 5.11. The SMILES string of the molecule is Cc1cc(C)c(CNC(=O)NCc2ccc(F)cc2)c(=O)[nH]1. The molecular formula is C16H18FN3O2. The maximum atomic E-state index is 12.8. The molecule has 0 aliphatic rings.